The maximum Gasteiger partial charge on any atom is 0.326 e. The molecule has 0 spiro atoms. The molecule has 1 aliphatic rings. The quantitative estimate of drug-likeness (QED) is 0.333. The molecule has 2 aromatic rings. The minimum Gasteiger partial charge on any atom is -0.451 e. The van der Waals surface area contributed by atoms with Gasteiger partial charge in [-0.2, -0.15) is 0 Å². The Balaban J connectivity index is 1.62. The van der Waals surface area contributed by atoms with Gasteiger partial charge < -0.3 is 10.1 Å². The number of hydrogen-bond donors (Lipinski definition) is 1. The summed E-state index contributed by atoms with van der Waals surface area (Å²) in [5, 5.41) is 13.5. The Bertz CT molecular complexity index is 1060. The molecular weight excluding hydrogens is 394 g/mol. The van der Waals surface area contributed by atoms with Crippen LogP contribution in [0.25, 0.3) is 0 Å². The number of anilines is 1. The predicted octanol–water partition coefficient (Wildman–Crippen LogP) is 2.07. The highest BCUT2D eigenvalue weighted by atomic mass is 16.6. The number of non-ortho nitro benzene ring substituents is 1. The Hall–Kier alpha value is -4.08. The molecule has 3 amide bonds. The summed E-state index contributed by atoms with van der Waals surface area (Å²) in [6.07, 6.45) is -1.17. The number of benzene rings is 2. The molecule has 0 aromatic heterocycles. The van der Waals surface area contributed by atoms with Crippen LogP contribution in [-0.2, 0) is 14.3 Å². The van der Waals surface area contributed by atoms with E-state index >= 15 is 0 Å². The van der Waals surface area contributed by atoms with E-state index in [1.807, 2.05) is 6.92 Å². The van der Waals surface area contributed by atoms with Crippen molar-refractivity contribution in [3.63, 3.8) is 0 Å². The number of nitro groups is 1. The Kier molecular flexibility index (Phi) is 5.58. The van der Waals surface area contributed by atoms with Crippen LogP contribution in [0.4, 0.5) is 11.4 Å². The van der Waals surface area contributed by atoms with Crippen LogP contribution >= 0.6 is 0 Å². The van der Waals surface area contributed by atoms with Crippen molar-refractivity contribution in [2.45, 2.75) is 20.0 Å². The third kappa shape index (κ3) is 4.17. The zero-order valence-corrected chi connectivity index (χ0v) is 16.1. The maximum absolute atomic E-state index is 12.4. The summed E-state index contributed by atoms with van der Waals surface area (Å²) in [4.78, 5) is 59.9. The van der Waals surface area contributed by atoms with E-state index in [4.69, 9.17) is 4.74 Å². The molecule has 3 rings (SSSR count). The first-order valence-electron chi connectivity index (χ1n) is 8.89. The number of esters is 1. The molecule has 154 valence electrons. The number of nitrogens with zero attached hydrogens (tertiary/aromatic N) is 2. The van der Waals surface area contributed by atoms with Crippen LogP contribution < -0.4 is 5.32 Å². The first kappa shape index (κ1) is 20.6. The van der Waals surface area contributed by atoms with Gasteiger partial charge in [-0.3, -0.25) is 34.2 Å². The summed E-state index contributed by atoms with van der Waals surface area (Å²) >= 11 is 0. The number of imide groups is 1. The van der Waals surface area contributed by atoms with Crippen molar-refractivity contribution in [3.05, 3.63) is 69.3 Å². The molecule has 2 aromatic carbocycles. The van der Waals surface area contributed by atoms with Gasteiger partial charge in [0.05, 0.1) is 16.1 Å². The summed E-state index contributed by atoms with van der Waals surface area (Å²) in [7, 11) is 0. The zero-order chi connectivity index (χ0) is 22.0. The standard InChI is InChI=1S/C20H17N3O7/c1-11-3-5-13(6-4-11)21-18(25)12(2)30-17(24)10-22-19(26)15-8-7-14(23(28)29)9-16(15)20(22)27/h3-9,12H,10H2,1-2H3,(H,21,25)/t12-/m1/s1. The molecule has 10 nitrogen and oxygen atoms in total. The molecule has 0 bridgehead atoms. The molecule has 1 atom stereocenters. The Morgan fingerprint density at radius 3 is 2.37 bits per heavy atom. The molecule has 0 unspecified atom stereocenters. The van der Waals surface area contributed by atoms with Crippen molar-refractivity contribution in [3.8, 4) is 0 Å². The van der Waals surface area contributed by atoms with Gasteiger partial charge in [-0.05, 0) is 32.0 Å². The topological polar surface area (TPSA) is 136 Å². The number of ether oxygens (including phenoxy) is 1. The van der Waals surface area contributed by atoms with Crippen molar-refractivity contribution in [2.24, 2.45) is 0 Å². The summed E-state index contributed by atoms with van der Waals surface area (Å²) in [5.41, 5.74) is 0.991. The van der Waals surface area contributed by atoms with E-state index in [9.17, 15) is 29.3 Å². The lowest BCUT2D eigenvalue weighted by Crippen LogP contribution is -2.38. The molecule has 0 saturated heterocycles. The van der Waals surface area contributed by atoms with E-state index in [1.165, 1.54) is 6.92 Å². The minimum atomic E-state index is -1.17. The average Bonchev–Trinajstić information content (AvgIpc) is 2.94. The van der Waals surface area contributed by atoms with Crippen LogP contribution in [0, 0.1) is 17.0 Å². The summed E-state index contributed by atoms with van der Waals surface area (Å²) in [6.45, 7) is 2.53. The smallest absolute Gasteiger partial charge is 0.326 e. The highest BCUT2D eigenvalue weighted by Crippen LogP contribution is 2.26. The van der Waals surface area contributed by atoms with Gasteiger partial charge in [0, 0.05) is 17.8 Å². The highest BCUT2D eigenvalue weighted by Gasteiger charge is 2.38. The number of nitrogens with one attached hydrogen (secondary N) is 1. The number of aryl methyl sites for hydroxylation is 1. The van der Waals surface area contributed by atoms with Crippen LogP contribution in [-0.4, -0.2) is 46.2 Å². The number of carbonyl (C=O) groups is 4. The van der Waals surface area contributed by atoms with Gasteiger partial charge in [0.2, 0.25) is 0 Å². The van der Waals surface area contributed by atoms with E-state index in [0.717, 1.165) is 23.8 Å². The van der Waals surface area contributed by atoms with Gasteiger partial charge in [-0.1, -0.05) is 17.7 Å². The van der Waals surface area contributed by atoms with E-state index in [2.05, 4.69) is 5.32 Å². The number of carbonyl (C=O) groups excluding carboxylic acids is 4. The van der Waals surface area contributed by atoms with Gasteiger partial charge in [-0.15, -0.1) is 0 Å². The number of rotatable bonds is 6. The van der Waals surface area contributed by atoms with E-state index in [1.54, 1.807) is 24.3 Å². The van der Waals surface area contributed by atoms with Crippen molar-refractivity contribution < 1.29 is 28.8 Å². The van der Waals surface area contributed by atoms with Gasteiger partial charge in [0.25, 0.3) is 23.4 Å². The summed E-state index contributed by atoms with van der Waals surface area (Å²) < 4.78 is 5.02. The van der Waals surface area contributed by atoms with Gasteiger partial charge in [0.15, 0.2) is 6.10 Å². The van der Waals surface area contributed by atoms with Crippen molar-refractivity contribution in [1.29, 1.82) is 0 Å². The number of nitro benzene ring substituents is 1. The van der Waals surface area contributed by atoms with Crippen LogP contribution in [0.15, 0.2) is 42.5 Å². The van der Waals surface area contributed by atoms with Gasteiger partial charge >= 0.3 is 5.97 Å². The third-order valence-electron chi connectivity index (χ3n) is 4.45. The fraction of sp³-hybridized carbons (Fsp3) is 0.200. The van der Waals surface area contributed by atoms with E-state index < -0.39 is 41.3 Å². The lowest BCUT2D eigenvalue weighted by molar-refractivity contribution is -0.384. The van der Waals surface area contributed by atoms with Crippen molar-refractivity contribution in [1.82, 2.24) is 4.90 Å². The molecular formula is C20H17N3O7. The highest BCUT2D eigenvalue weighted by molar-refractivity contribution is 6.22. The van der Waals surface area contributed by atoms with Crippen molar-refractivity contribution in [2.75, 3.05) is 11.9 Å². The lowest BCUT2D eigenvalue weighted by Gasteiger charge is -2.16. The first-order valence-corrected chi connectivity index (χ1v) is 8.89. The predicted molar refractivity (Wildman–Crippen MR) is 104 cm³/mol. The SMILES string of the molecule is Cc1ccc(NC(=O)[C@@H](C)OC(=O)CN2C(=O)c3ccc([N+](=O)[O-])cc3C2=O)cc1. The summed E-state index contributed by atoms with van der Waals surface area (Å²) in [5.74, 6) is -3.15. The lowest BCUT2D eigenvalue weighted by atomic mass is 10.1. The average molecular weight is 411 g/mol. The monoisotopic (exact) mass is 411 g/mol. The van der Waals surface area contributed by atoms with E-state index in [-0.39, 0.29) is 16.8 Å². The summed E-state index contributed by atoms with van der Waals surface area (Å²) in [6, 6.07) is 10.2. The fourth-order valence-corrected chi connectivity index (χ4v) is 2.83. The molecule has 0 saturated carbocycles. The zero-order valence-electron chi connectivity index (χ0n) is 16.1. The molecule has 1 heterocycles. The first-order chi connectivity index (χ1) is 14.2. The molecule has 0 aliphatic carbocycles. The fourth-order valence-electron chi connectivity index (χ4n) is 2.83. The molecule has 0 fully saturated rings. The van der Waals surface area contributed by atoms with Crippen LogP contribution in [0.1, 0.15) is 33.2 Å². The van der Waals surface area contributed by atoms with Crippen LogP contribution in [0.3, 0.4) is 0 Å². The molecule has 0 radical (unpaired) electrons. The minimum absolute atomic E-state index is 0.0384. The second kappa shape index (κ2) is 8.11. The van der Waals surface area contributed by atoms with Crippen LogP contribution in [0.5, 0.6) is 0 Å². The Morgan fingerprint density at radius 2 is 1.73 bits per heavy atom. The van der Waals surface area contributed by atoms with Crippen molar-refractivity contribution >= 4 is 35.1 Å². The van der Waals surface area contributed by atoms with Crippen LogP contribution in [0.2, 0.25) is 0 Å². The van der Waals surface area contributed by atoms with E-state index in [0.29, 0.717) is 10.6 Å². The molecule has 1 N–H and O–H groups in total. The molecule has 10 heteroatoms. The second-order valence-electron chi connectivity index (χ2n) is 6.67. The number of hydrogen-bond acceptors (Lipinski definition) is 7. The Morgan fingerprint density at radius 1 is 1.10 bits per heavy atom. The largest absolute Gasteiger partial charge is 0.451 e. The normalized spacial score (nSPS) is 13.6. The van der Waals surface area contributed by atoms with Gasteiger partial charge in [-0.25, -0.2) is 0 Å². The number of amides is 3. The number of fused-ring (bicyclic) bond motifs is 1. The third-order valence-corrected chi connectivity index (χ3v) is 4.45. The van der Waals surface area contributed by atoms with Gasteiger partial charge in [0.1, 0.15) is 6.54 Å². The Labute approximate surface area is 170 Å². The second-order valence-corrected chi connectivity index (χ2v) is 6.67. The molecule has 1 aliphatic heterocycles. The maximum atomic E-state index is 12.4. The molecule has 30 heavy (non-hydrogen) atoms.